The molecule has 0 fully saturated rings. The summed E-state index contributed by atoms with van der Waals surface area (Å²) in [5.74, 6) is 0.791. The van der Waals surface area contributed by atoms with E-state index in [0.29, 0.717) is 32.9 Å². The summed E-state index contributed by atoms with van der Waals surface area (Å²) in [5.41, 5.74) is 0.884. The topological polar surface area (TPSA) is 51.2 Å². The normalized spacial score (nSPS) is 10.2. The summed E-state index contributed by atoms with van der Waals surface area (Å²) in [4.78, 5) is 16.1. The van der Waals surface area contributed by atoms with Gasteiger partial charge in [-0.1, -0.05) is 29.3 Å². The average molecular weight is 359 g/mol. The molecule has 0 aliphatic carbocycles. The number of anilines is 1. The van der Waals surface area contributed by atoms with Gasteiger partial charge in [-0.25, -0.2) is 0 Å². The number of halogens is 2. The van der Waals surface area contributed by atoms with Crippen LogP contribution >= 0.6 is 23.2 Å². The number of hydrogen-bond donors (Lipinski definition) is 1. The molecule has 1 amide bonds. The Morgan fingerprint density at radius 3 is 2.46 bits per heavy atom. The zero-order valence-electron chi connectivity index (χ0n) is 12.4. The minimum Gasteiger partial charge on any atom is -0.456 e. The zero-order chi connectivity index (χ0) is 16.9. The Balaban J connectivity index is 1.72. The third-order valence-electron chi connectivity index (χ3n) is 3.13. The molecular weight excluding hydrogens is 347 g/mol. The molecule has 0 saturated heterocycles. The van der Waals surface area contributed by atoms with Crippen molar-refractivity contribution in [3.8, 4) is 11.5 Å². The minimum absolute atomic E-state index is 0.307. The molecule has 3 aromatic rings. The number of ether oxygens (including phenoxy) is 1. The molecule has 0 aliphatic heterocycles. The van der Waals surface area contributed by atoms with Crippen LogP contribution in [0.4, 0.5) is 5.69 Å². The number of nitrogens with zero attached hydrogens (tertiary/aromatic N) is 1. The highest BCUT2D eigenvalue weighted by Gasteiger charge is 2.09. The Labute approximate surface area is 149 Å². The van der Waals surface area contributed by atoms with E-state index < -0.39 is 0 Å². The van der Waals surface area contributed by atoms with Crippen LogP contribution in [0.2, 0.25) is 10.0 Å². The quantitative estimate of drug-likeness (QED) is 0.676. The summed E-state index contributed by atoms with van der Waals surface area (Å²) in [6, 6.07) is 17.1. The van der Waals surface area contributed by atoms with Crippen LogP contribution < -0.4 is 10.1 Å². The van der Waals surface area contributed by atoms with Crippen LogP contribution in [0.25, 0.3) is 0 Å². The highest BCUT2D eigenvalue weighted by molar-refractivity contribution is 6.32. The van der Waals surface area contributed by atoms with Gasteiger partial charge in [0.05, 0.1) is 5.02 Å². The molecule has 0 atom stereocenters. The fourth-order valence-electron chi connectivity index (χ4n) is 1.98. The van der Waals surface area contributed by atoms with Crippen LogP contribution in [0.15, 0.2) is 66.9 Å². The van der Waals surface area contributed by atoms with E-state index >= 15 is 0 Å². The standard InChI is InChI=1S/C18H12Cl2N2O2/c19-12-4-7-14(8-5-12)24-17-9-6-13(11-15(17)20)22-18(23)16-3-1-2-10-21-16/h1-11H,(H,22,23). The molecule has 0 bridgehead atoms. The van der Waals surface area contributed by atoms with E-state index in [4.69, 9.17) is 27.9 Å². The van der Waals surface area contributed by atoms with Crippen molar-refractivity contribution in [2.24, 2.45) is 0 Å². The Morgan fingerprint density at radius 2 is 1.79 bits per heavy atom. The Morgan fingerprint density at radius 1 is 1.00 bits per heavy atom. The second-order valence-corrected chi connectivity index (χ2v) is 5.71. The number of amides is 1. The Kier molecular flexibility index (Phi) is 4.99. The summed E-state index contributed by atoms with van der Waals surface area (Å²) >= 11 is 12.1. The van der Waals surface area contributed by atoms with E-state index in [2.05, 4.69) is 10.3 Å². The van der Waals surface area contributed by atoms with Gasteiger partial charge in [0.25, 0.3) is 5.91 Å². The van der Waals surface area contributed by atoms with Gasteiger partial charge in [-0.05, 0) is 54.6 Å². The van der Waals surface area contributed by atoms with Crippen molar-refractivity contribution in [3.05, 3.63) is 82.6 Å². The van der Waals surface area contributed by atoms with Crippen LogP contribution in [0.3, 0.4) is 0 Å². The second kappa shape index (κ2) is 7.34. The molecule has 2 aromatic carbocycles. The van der Waals surface area contributed by atoms with Crippen molar-refractivity contribution in [2.45, 2.75) is 0 Å². The lowest BCUT2D eigenvalue weighted by atomic mass is 10.2. The monoisotopic (exact) mass is 358 g/mol. The van der Waals surface area contributed by atoms with Gasteiger partial charge < -0.3 is 10.1 Å². The van der Waals surface area contributed by atoms with Gasteiger partial charge in [0, 0.05) is 16.9 Å². The number of rotatable bonds is 4. The first-order valence-electron chi connectivity index (χ1n) is 7.07. The molecule has 1 heterocycles. The van der Waals surface area contributed by atoms with Crippen LogP contribution in [0.1, 0.15) is 10.5 Å². The van der Waals surface area contributed by atoms with Gasteiger partial charge in [-0.3, -0.25) is 9.78 Å². The fraction of sp³-hybridized carbons (Fsp3) is 0. The van der Waals surface area contributed by atoms with E-state index in [0.717, 1.165) is 0 Å². The number of pyridine rings is 1. The maximum absolute atomic E-state index is 12.1. The van der Waals surface area contributed by atoms with E-state index in [1.165, 1.54) is 0 Å². The van der Waals surface area contributed by atoms with Crippen molar-refractivity contribution < 1.29 is 9.53 Å². The fourth-order valence-corrected chi connectivity index (χ4v) is 2.33. The molecule has 0 unspecified atom stereocenters. The van der Waals surface area contributed by atoms with Crippen LogP contribution in [0.5, 0.6) is 11.5 Å². The molecule has 1 N–H and O–H groups in total. The van der Waals surface area contributed by atoms with Crippen molar-refractivity contribution in [2.75, 3.05) is 5.32 Å². The maximum Gasteiger partial charge on any atom is 0.274 e. The predicted octanol–water partition coefficient (Wildman–Crippen LogP) is 5.43. The molecule has 0 radical (unpaired) electrons. The molecule has 24 heavy (non-hydrogen) atoms. The van der Waals surface area contributed by atoms with Crippen molar-refractivity contribution in [1.82, 2.24) is 4.98 Å². The van der Waals surface area contributed by atoms with Crippen LogP contribution in [-0.2, 0) is 0 Å². The molecule has 4 nitrogen and oxygen atoms in total. The summed E-state index contributed by atoms with van der Waals surface area (Å²) < 4.78 is 5.69. The molecule has 120 valence electrons. The number of benzene rings is 2. The van der Waals surface area contributed by atoms with Gasteiger partial charge in [-0.15, -0.1) is 0 Å². The molecule has 0 spiro atoms. The lowest BCUT2D eigenvalue weighted by molar-refractivity contribution is 0.102. The largest absolute Gasteiger partial charge is 0.456 e. The minimum atomic E-state index is -0.307. The van der Waals surface area contributed by atoms with E-state index in [1.54, 1.807) is 66.9 Å². The van der Waals surface area contributed by atoms with Crippen molar-refractivity contribution >= 4 is 34.8 Å². The average Bonchev–Trinajstić information content (AvgIpc) is 2.60. The van der Waals surface area contributed by atoms with E-state index in [-0.39, 0.29) is 5.91 Å². The second-order valence-electron chi connectivity index (χ2n) is 4.87. The van der Waals surface area contributed by atoms with Crippen LogP contribution in [-0.4, -0.2) is 10.9 Å². The first-order valence-corrected chi connectivity index (χ1v) is 7.83. The first-order chi connectivity index (χ1) is 11.6. The third kappa shape index (κ3) is 4.04. The molecule has 6 heteroatoms. The number of nitrogens with one attached hydrogen (secondary N) is 1. The molecule has 3 rings (SSSR count). The van der Waals surface area contributed by atoms with Gasteiger partial charge in [-0.2, -0.15) is 0 Å². The van der Waals surface area contributed by atoms with E-state index in [1.807, 2.05) is 0 Å². The predicted molar refractivity (Wildman–Crippen MR) is 95.2 cm³/mol. The lowest BCUT2D eigenvalue weighted by Crippen LogP contribution is -2.13. The van der Waals surface area contributed by atoms with Crippen molar-refractivity contribution in [3.63, 3.8) is 0 Å². The Hall–Kier alpha value is -2.56. The van der Waals surface area contributed by atoms with E-state index in [9.17, 15) is 4.79 Å². The van der Waals surface area contributed by atoms with Crippen LogP contribution in [0, 0.1) is 0 Å². The smallest absolute Gasteiger partial charge is 0.274 e. The summed E-state index contributed by atoms with van der Waals surface area (Å²) in [7, 11) is 0. The van der Waals surface area contributed by atoms with Gasteiger partial charge in [0.2, 0.25) is 0 Å². The van der Waals surface area contributed by atoms with Gasteiger partial charge in [0.15, 0.2) is 0 Å². The van der Waals surface area contributed by atoms with Gasteiger partial charge in [0.1, 0.15) is 17.2 Å². The number of aromatic nitrogens is 1. The summed E-state index contributed by atoms with van der Waals surface area (Å²) in [6.45, 7) is 0. The lowest BCUT2D eigenvalue weighted by Gasteiger charge is -2.10. The molecular formula is C18H12Cl2N2O2. The molecule has 1 aromatic heterocycles. The maximum atomic E-state index is 12.1. The van der Waals surface area contributed by atoms with Crippen molar-refractivity contribution in [1.29, 1.82) is 0 Å². The highest BCUT2D eigenvalue weighted by atomic mass is 35.5. The molecule has 0 aliphatic rings. The summed E-state index contributed by atoms with van der Waals surface area (Å²) in [5, 5.41) is 3.74. The zero-order valence-corrected chi connectivity index (χ0v) is 13.9. The SMILES string of the molecule is O=C(Nc1ccc(Oc2ccc(Cl)cc2)c(Cl)c1)c1ccccn1. The number of hydrogen-bond acceptors (Lipinski definition) is 3. The Bertz CT molecular complexity index is 853. The van der Waals surface area contributed by atoms with Gasteiger partial charge >= 0.3 is 0 Å². The number of carbonyl (C=O) groups is 1. The summed E-state index contributed by atoms with van der Waals surface area (Å²) in [6.07, 6.45) is 1.56. The highest BCUT2D eigenvalue weighted by Crippen LogP contribution is 2.32. The molecule has 0 saturated carbocycles. The third-order valence-corrected chi connectivity index (χ3v) is 3.68. The number of carbonyl (C=O) groups excluding carboxylic acids is 1. The first kappa shape index (κ1) is 16.3.